The van der Waals surface area contributed by atoms with Gasteiger partial charge in [0.2, 0.25) is 5.88 Å². The highest BCUT2D eigenvalue weighted by atomic mass is 35.5. The number of methoxy groups -OCH3 is 2. The number of hydrogen-bond donors (Lipinski definition) is 0. The molecule has 1 rings (SSSR count). The molecule has 0 aliphatic rings. The third kappa shape index (κ3) is 3.87. The molecule has 4 nitrogen and oxygen atoms in total. The van der Waals surface area contributed by atoms with Crippen molar-refractivity contribution in [1.82, 2.24) is 4.98 Å². The van der Waals surface area contributed by atoms with Crippen LogP contribution in [0.15, 0.2) is 18.2 Å². The average molecular weight is 245 g/mol. The maximum Gasteiger partial charge on any atom is 0.214 e. The average Bonchev–Trinajstić information content (AvgIpc) is 2.29. The summed E-state index contributed by atoms with van der Waals surface area (Å²) in [6, 6.07) is 5.63. The van der Waals surface area contributed by atoms with E-state index in [0.29, 0.717) is 19.0 Å². The maximum atomic E-state index is 6.07. The first kappa shape index (κ1) is 13.1. The van der Waals surface area contributed by atoms with Gasteiger partial charge in [-0.05, 0) is 6.07 Å². The van der Waals surface area contributed by atoms with Crippen molar-refractivity contribution in [3.8, 4) is 5.88 Å². The Bertz CT molecular complexity index is 323. The van der Waals surface area contributed by atoms with Crippen molar-refractivity contribution in [2.24, 2.45) is 0 Å². The van der Waals surface area contributed by atoms with Gasteiger partial charge in [-0.1, -0.05) is 6.07 Å². The number of ether oxygens (including phenoxy) is 2. The first-order chi connectivity index (χ1) is 7.67. The Morgan fingerprint density at radius 3 is 2.81 bits per heavy atom. The predicted molar refractivity (Wildman–Crippen MR) is 65.6 cm³/mol. The Hall–Kier alpha value is -1.00. The van der Waals surface area contributed by atoms with Gasteiger partial charge in [0, 0.05) is 26.8 Å². The second-order valence-corrected chi connectivity index (χ2v) is 4.09. The van der Waals surface area contributed by atoms with E-state index in [0.717, 1.165) is 5.82 Å². The van der Waals surface area contributed by atoms with Crippen molar-refractivity contribution in [3.05, 3.63) is 18.2 Å². The van der Waals surface area contributed by atoms with Gasteiger partial charge in [-0.25, -0.2) is 0 Å². The molecule has 1 atom stereocenters. The molecule has 0 fully saturated rings. The van der Waals surface area contributed by atoms with E-state index in [2.05, 4.69) is 4.98 Å². The van der Waals surface area contributed by atoms with Crippen LogP contribution in [0.4, 0.5) is 5.82 Å². The SMILES string of the molecule is COCC(Cl)CN(C)c1cccc(OC)n1. The van der Waals surface area contributed by atoms with E-state index in [9.17, 15) is 0 Å². The summed E-state index contributed by atoms with van der Waals surface area (Å²) in [6.07, 6.45) is 0. The summed E-state index contributed by atoms with van der Waals surface area (Å²) in [4.78, 5) is 6.28. The summed E-state index contributed by atoms with van der Waals surface area (Å²) in [5, 5.41) is -0.0528. The highest BCUT2D eigenvalue weighted by molar-refractivity contribution is 6.21. The van der Waals surface area contributed by atoms with Crippen molar-refractivity contribution in [1.29, 1.82) is 0 Å². The van der Waals surface area contributed by atoms with E-state index >= 15 is 0 Å². The predicted octanol–water partition coefficient (Wildman–Crippen LogP) is 1.78. The van der Waals surface area contributed by atoms with Crippen molar-refractivity contribution in [2.75, 3.05) is 39.3 Å². The lowest BCUT2D eigenvalue weighted by molar-refractivity contribution is 0.199. The molecule has 0 saturated carbocycles. The molecule has 1 unspecified atom stereocenters. The normalized spacial score (nSPS) is 12.2. The molecule has 1 aromatic heterocycles. The summed E-state index contributed by atoms with van der Waals surface area (Å²) < 4.78 is 10.0. The van der Waals surface area contributed by atoms with Gasteiger partial charge in [0.1, 0.15) is 5.82 Å². The summed E-state index contributed by atoms with van der Waals surface area (Å²) in [7, 11) is 5.17. The first-order valence-electron chi connectivity index (χ1n) is 5.02. The third-order valence-corrected chi connectivity index (χ3v) is 2.39. The second-order valence-electron chi connectivity index (χ2n) is 3.47. The first-order valence-corrected chi connectivity index (χ1v) is 5.46. The van der Waals surface area contributed by atoms with Crippen LogP contribution in [0.2, 0.25) is 0 Å². The topological polar surface area (TPSA) is 34.6 Å². The zero-order valence-electron chi connectivity index (χ0n) is 9.81. The fourth-order valence-corrected chi connectivity index (χ4v) is 1.69. The highest BCUT2D eigenvalue weighted by Crippen LogP contribution is 2.15. The van der Waals surface area contributed by atoms with Gasteiger partial charge >= 0.3 is 0 Å². The Kier molecular flexibility index (Phi) is 5.35. The lowest BCUT2D eigenvalue weighted by Gasteiger charge is -2.21. The van der Waals surface area contributed by atoms with E-state index in [4.69, 9.17) is 21.1 Å². The van der Waals surface area contributed by atoms with E-state index in [1.807, 2.05) is 30.1 Å². The standard InChI is InChI=1S/C11H17ClN2O2/c1-14(7-9(12)8-15-2)10-5-4-6-11(13-10)16-3/h4-6,9H,7-8H2,1-3H3. The van der Waals surface area contributed by atoms with E-state index < -0.39 is 0 Å². The monoisotopic (exact) mass is 244 g/mol. The van der Waals surface area contributed by atoms with Gasteiger partial charge in [0.05, 0.1) is 19.1 Å². The zero-order chi connectivity index (χ0) is 12.0. The summed E-state index contributed by atoms with van der Waals surface area (Å²) in [6.45, 7) is 1.20. The summed E-state index contributed by atoms with van der Waals surface area (Å²) >= 11 is 6.07. The number of aromatic nitrogens is 1. The van der Waals surface area contributed by atoms with Crippen molar-refractivity contribution >= 4 is 17.4 Å². The molecule has 0 aliphatic heterocycles. The van der Waals surface area contributed by atoms with Gasteiger partial charge in [0.15, 0.2) is 0 Å². The fraction of sp³-hybridized carbons (Fsp3) is 0.545. The molecule has 90 valence electrons. The molecule has 0 N–H and O–H groups in total. The number of nitrogens with zero attached hydrogens (tertiary/aromatic N) is 2. The van der Waals surface area contributed by atoms with Crippen molar-refractivity contribution in [3.63, 3.8) is 0 Å². The van der Waals surface area contributed by atoms with Gasteiger partial charge in [-0.3, -0.25) is 0 Å². The number of halogens is 1. The van der Waals surface area contributed by atoms with Crippen LogP contribution in [0.5, 0.6) is 5.88 Å². The van der Waals surface area contributed by atoms with Crippen LogP contribution in [0, 0.1) is 0 Å². The minimum absolute atomic E-state index is 0.0528. The van der Waals surface area contributed by atoms with Gasteiger partial charge in [-0.2, -0.15) is 4.98 Å². The number of alkyl halides is 1. The molecule has 0 radical (unpaired) electrons. The van der Waals surface area contributed by atoms with Gasteiger partial charge in [0.25, 0.3) is 0 Å². The number of rotatable bonds is 6. The molecule has 5 heteroatoms. The maximum absolute atomic E-state index is 6.07. The Morgan fingerprint density at radius 2 is 2.19 bits per heavy atom. The Labute approximate surface area is 101 Å². The zero-order valence-corrected chi connectivity index (χ0v) is 10.6. The molecule has 0 amide bonds. The fourth-order valence-electron chi connectivity index (χ4n) is 1.35. The van der Waals surface area contributed by atoms with Crippen LogP contribution in [0.3, 0.4) is 0 Å². The largest absolute Gasteiger partial charge is 0.481 e. The molecule has 0 aliphatic carbocycles. The number of anilines is 1. The lowest BCUT2D eigenvalue weighted by Crippen LogP contribution is -2.29. The van der Waals surface area contributed by atoms with Crippen LogP contribution in [-0.2, 0) is 4.74 Å². The molecule has 16 heavy (non-hydrogen) atoms. The smallest absolute Gasteiger partial charge is 0.214 e. The van der Waals surface area contributed by atoms with Crippen molar-refractivity contribution < 1.29 is 9.47 Å². The molecule has 1 aromatic rings. The number of hydrogen-bond acceptors (Lipinski definition) is 4. The lowest BCUT2D eigenvalue weighted by atomic mass is 10.3. The highest BCUT2D eigenvalue weighted by Gasteiger charge is 2.10. The van der Waals surface area contributed by atoms with Crippen LogP contribution in [0.1, 0.15) is 0 Å². The van der Waals surface area contributed by atoms with Crippen LogP contribution in [-0.4, -0.2) is 44.8 Å². The molecule has 0 aromatic carbocycles. The molecular formula is C11H17ClN2O2. The van der Waals surface area contributed by atoms with Crippen molar-refractivity contribution in [2.45, 2.75) is 5.38 Å². The Morgan fingerprint density at radius 1 is 1.44 bits per heavy atom. The molecule has 0 bridgehead atoms. The third-order valence-electron chi connectivity index (χ3n) is 2.13. The van der Waals surface area contributed by atoms with E-state index in [1.54, 1.807) is 14.2 Å². The van der Waals surface area contributed by atoms with Crippen LogP contribution < -0.4 is 9.64 Å². The van der Waals surface area contributed by atoms with Gasteiger partial charge in [-0.15, -0.1) is 11.6 Å². The quantitative estimate of drug-likeness (QED) is 0.715. The van der Waals surface area contributed by atoms with Crippen LogP contribution in [0.25, 0.3) is 0 Å². The molecular weight excluding hydrogens is 228 g/mol. The van der Waals surface area contributed by atoms with Crippen LogP contribution >= 0.6 is 11.6 Å². The second kappa shape index (κ2) is 6.55. The van der Waals surface area contributed by atoms with E-state index in [1.165, 1.54) is 0 Å². The van der Waals surface area contributed by atoms with E-state index in [-0.39, 0.29) is 5.38 Å². The summed E-state index contributed by atoms with van der Waals surface area (Å²) in [5.74, 6) is 1.43. The molecule has 1 heterocycles. The molecule has 0 spiro atoms. The summed E-state index contributed by atoms with van der Waals surface area (Å²) in [5.41, 5.74) is 0. The number of pyridine rings is 1. The minimum atomic E-state index is -0.0528. The van der Waals surface area contributed by atoms with Gasteiger partial charge < -0.3 is 14.4 Å². The Balaban J connectivity index is 2.61. The minimum Gasteiger partial charge on any atom is -0.481 e. The molecule has 0 saturated heterocycles.